The Labute approximate surface area is 119 Å². The van der Waals surface area contributed by atoms with E-state index in [4.69, 9.17) is 0 Å². The summed E-state index contributed by atoms with van der Waals surface area (Å²) in [4.78, 5) is 11.5. The van der Waals surface area contributed by atoms with E-state index in [1.54, 1.807) is 24.3 Å². The van der Waals surface area contributed by atoms with Crippen LogP contribution in [0.25, 0.3) is 0 Å². The monoisotopic (exact) mass is 296 g/mol. The van der Waals surface area contributed by atoms with Crippen molar-refractivity contribution < 1.29 is 22.4 Å². The molecule has 2 aromatic carbocycles. The molecule has 0 spiro atoms. The Morgan fingerprint density at radius 1 is 1.00 bits per heavy atom. The van der Waals surface area contributed by atoms with Gasteiger partial charge in [0.15, 0.2) is 12.5 Å². The van der Waals surface area contributed by atoms with Crippen molar-refractivity contribution in [1.29, 1.82) is 0 Å². The largest absolute Gasteiger partial charge is 0.416 e. The predicted molar refractivity (Wildman–Crippen MR) is 71.0 cm³/mol. The van der Waals surface area contributed by atoms with Gasteiger partial charge in [-0.25, -0.2) is 4.39 Å². The van der Waals surface area contributed by atoms with Gasteiger partial charge < -0.3 is 0 Å². The molecule has 110 valence electrons. The van der Waals surface area contributed by atoms with Crippen LogP contribution < -0.4 is 0 Å². The van der Waals surface area contributed by atoms with Crippen molar-refractivity contribution in [3.63, 3.8) is 0 Å². The summed E-state index contributed by atoms with van der Waals surface area (Å²) in [6, 6.07) is 11.2. The average molecular weight is 296 g/mol. The fraction of sp³-hybridized carbons (Fsp3) is 0.188. The Balaban J connectivity index is 2.33. The van der Waals surface area contributed by atoms with Gasteiger partial charge in [-0.2, -0.15) is 13.2 Å². The summed E-state index contributed by atoms with van der Waals surface area (Å²) in [6.45, 7) is -1.13. The quantitative estimate of drug-likeness (QED) is 0.602. The van der Waals surface area contributed by atoms with Crippen molar-refractivity contribution >= 4 is 5.78 Å². The highest BCUT2D eigenvalue weighted by Crippen LogP contribution is 2.30. The van der Waals surface area contributed by atoms with Crippen LogP contribution in [0.3, 0.4) is 0 Å². The highest BCUT2D eigenvalue weighted by molar-refractivity contribution is 5.98. The van der Waals surface area contributed by atoms with Crippen LogP contribution in [0.2, 0.25) is 0 Å². The topological polar surface area (TPSA) is 17.1 Å². The van der Waals surface area contributed by atoms with Crippen LogP contribution >= 0.6 is 0 Å². The van der Waals surface area contributed by atoms with E-state index in [1.165, 1.54) is 12.1 Å². The summed E-state index contributed by atoms with van der Waals surface area (Å²) >= 11 is 0. The number of carbonyl (C=O) groups is 1. The molecule has 21 heavy (non-hydrogen) atoms. The molecular formula is C16H12F4O. The fourth-order valence-corrected chi connectivity index (χ4v) is 2.10. The minimum absolute atomic E-state index is 0.145. The van der Waals surface area contributed by atoms with Crippen molar-refractivity contribution in [2.24, 2.45) is 0 Å². The molecule has 0 aromatic heterocycles. The summed E-state index contributed by atoms with van der Waals surface area (Å²) in [7, 11) is 0. The molecule has 0 atom stereocenters. The Kier molecular flexibility index (Phi) is 4.40. The minimum atomic E-state index is -4.41. The first-order valence-corrected chi connectivity index (χ1v) is 6.25. The maximum absolute atomic E-state index is 12.7. The third-order valence-electron chi connectivity index (χ3n) is 3.09. The molecule has 0 bridgehead atoms. The number of Topliss-reactive ketones (excluding diaryl/α,β-unsaturated/α-hetero) is 1. The lowest BCUT2D eigenvalue weighted by Crippen LogP contribution is -2.07. The molecule has 2 aromatic rings. The average Bonchev–Trinajstić information content (AvgIpc) is 2.46. The Morgan fingerprint density at radius 3 is 2.38 bits per heavy atom. The molecule has 0 N–H and O–H groups in total. The molecule has 0 heterocycles. The molecule has 2 rings (SSSR count). The molecule has 0 aliphatic rings. The van der Waals surface area contributed by atoms with Crippen LogP contribution in [0.15, 0.2) is 48.5 Å². The molecule has 1 nitrogen and oxygen atoms in total. The molecule has 0 radical (unpaired) electrons. The molecule has 0 amide bonds. The second-order valence-electron chi connectivity index (χ2n) is 4.59. The molecule has 0 saturated heterocycles. The third kappa shape index (κ3) is 3.68. The van der Waals surface area contributed by atoms with Crippen LogP contribution in [0.1, 0.15) is 27.0 Å². The van der Waals surface area contributed by atoms with Gasteiger partial charge in [0, 0.05) is 5.56 Å². The number of carbonyl (C=O) groups excluding carboxylic acids is 1. The van der Waals surface area contributed by atoms with E-state index < -0.39 is 24.2 Å². The standard InChI is InChI=1S/C16H12F4O/c17-10-15(21)14-7-2-1-5-12(14)8-11-4-3-6-13(9-11)16(18,19)20/h1-7,9H,8,10H2. The molecule has 0 unspecified atom stereocenters. The number of hydrogen-bond donors (Lipinski definition) is 0. The molecule has 0 aliphatic heterocycles. The van der Waals surface area contributed by atoms with Crippen molar-refractivity contribution in [2.75, 3.05) is 6.67 Å². The minimum Gasteiger partial charge on any atom is -0.291 e. The maximum Gasteiger partial charge on any atom is 0.416 e. The number of rotatable bonds is 4. The van der Waals surface area contributed by atoms with Gasteiger partial charge in [-0.3, -0.25) is 4.79 Å². The van der Waals surface area contributed by atoms with E-state index in [0.717, 1.165) is 12.1 Å². The SMILES string of the molecule is O=C(CF)c1ccccc1Cc1cccc(C(F)(F)F)c1. The summed E-state index contributed by atoms with van der Waals surface area (Å²) in [5, 5.41) is 0. The van der Waals surface area contributed by atoms with Crippen molar-refractivity contribution in [2.45, 2.75) is 12.6 Å². The fourth-order valence-electron chi connectivity index (χ4n) is 2.10. The second-order valence-corrected chi connectivity index (χ2v) is 4.59. The van der Waals surface area contributed by atoms with Crippen molar-refractivity contribution in [1.82, 2.24) is 0 Å². The van der Waals surface area contributed by atoms with Gasteiger partial charge in [-0.05, 0) is 23.6 Å². The summed E-state index contributed by atoms with van der Waals surface area (Å²) in [6.07, 6.45) is -4.27. The smallest absolute Gasteiger partial charge is 0.291 e. The van der Waals surface area contributed by atoms with Crippen molar-refractivity contribution in [3.05, 3.63) is 70.8 Å². The first-order valence-electron chi connectivity index (χ1n) is 6.25. The number of alkyl halides is 4. The Bertz CT molecular complexity index is 647. The first-order chi connectivity index (χ1) is 9.91. The predicted octanol–water partition coefficient (Wildman–Crippen LogP) is 4.45. The van der Waals surface area contributed by atoms with E-state index >= 15 is 0 Å². The van der Waals surface area contributed by atoms with E-state index in [9.17, 15) is 22.4 Å². The highest BCUT2D eigenvalue weighted by atomic mass is 19.4. The van der Waals surface area contributed by atoms with Gasteiger partial charge in [0.1, 0.15) is 0 Å². The highest BCUT2D eigenvalue weighted by Gasteiger charge is 2.30. The van der Waals surface area contributed by atoms with Gasteiger partial charge in [-0.1, -0.05) is 42.5 Å². The molecule has 5 heteroatoms. The van der Waals surface area contributed by atoms with Gasteiger partial charge >= 0.3 is 6.18 Å². The summed E-state index contributed by atoms with van der Waals surface area (Å²) in [5.74, 6) is -0.669. The van der Waals surface area contributed by atoms with E-state index in [1.807, 2.05) is 0 Å². The number of benzene rings is 2. The molecule has 0 fully saturated rings. The van der Waals surface area contributed by atoms with Gasteiger partial charge in [0.25, 0.3) is 0 Å². The lowest BCUT2D eigenvalue weighted by atomic mass is 9.96. The normalized spacial score (nSPS) is 11.4. The number of hydrogen-bond acceptors (Lipinski definition) is 1. The second kappa shape index (κ2) is 6.08. The Morgan fingerprint density at radius 2 is 1.71 bits per heavy atom. The lowest BCUT2D eigenvalue weighted by molar-refractivity contribution is -0.137. The maximum atomic E-state index is 12.7. The van der Waals surface area contributed by atoms with E-state index in [-0.39, 0.29) is 12.0 Å². The van der Waals surface area contributed by atoms with Crippen LogP contribution in [0, 0.1) is 0 Å². The number of ketones is 1. The summed E-state index contributed by atoms with van der Waals surface area (Å²) in [5.41, 5.74) is 0.398. The number of halogens is 4. The Hall–Kier alpha value is -2.17. The van der Waals surface area contributed by atoms with E-state index in [0.29, 0.717) is 11.1 Å². The third-order valence-corrected chi connectivity index (χ3v) is 3.09. The molecular weight excluding hydrogens is 284 g/mol. The molecule has 0 aliphatic carbocycles. The van der Waals surface area contributed by atoms with E-state index in [2.05, 4.69) is 0 Å². The zero-order valence-corrected chi connectivity index (χ0v) is 11.0. The van der Waals surface area contributed by atoms with Crippen molar-refractivity contribution in [3.8, 4) is 0 Å². The van der Waals surface area contributed by atoms with Crippen LogP contribution in [-0.2, 0) is 12.6 Å². The lowest BCUT2D eigenvalue weighted by Gasteiger charge is -2.10. The first kappa shape index (κ1) is 15.2. The van der Waals surface area contributed by atoms with Gasteiger partial charge in [-0.15, -0.1) is 0 Å². The van der Waals surface area contributed by atoms with Gasteiger partial charge in [0.05, 0.1) is 5.56 Å². The van der Waals surface area contributed by atoms with Gasteiger partial charge in [0.2, 0.25) is 0 Å². The summed E-state index contributed by atoms with van der Waals surface area (Å²) < 4.78 is 50.5. The zero-order chi connectivity index (χ0) is 15.5. The zero-order valence-electron chi connectivity index (χ0n) is 11.0. The van der Waals surface area contributed by atoms with Crippen LogP contribution in [-0.4, -0.2) is 12.5 Å². The van der Waals surface area contributed by atoms with Crippen LogP contribution in [0.5, 0.6) is 0 Å². The molecule has 0 saturated carbocycles. The van der Waals surface area contributed by atoms with Crippen LogP contribution in [0.4, 0.5) is 17.6 Å².